The first-order valence-corrected chi connectivity index (χ1v) is 17.4. The minimum absolute atomic E-state index is 0. The van der Waals surface area contributed by atoms with Gasteiger partial charge in [-0.05, 0) is 110 Å². The van der Waals surface area contributed by atoms with Crippen LogP contribution in [0.25, 0.3) is 0 Å². The molecular weight excluding hydrogens is 691 g/mol. The van der Waals surface area contributed by atoms with Crippen molar-refractivity contribution in [2.45, 2.75) is 119 Å². The third-order valence-corrected chi connectivity index (χ3v) is 8.90. The zero-order valence-electron chi connectivity index (χ0n) is 32.0. The second kappa shape index (κ2) is 23.3. The molecule has 4 unspecified atom stereocenters. The number of phenols is 2. The predicted octanol–water partition coefficient (Wildman–Crippen LogP) is 8.17. The van der Waals surface area contributed by atoms with E-state index >= 15 is 0 Å². The molecule has 0 saturated heterocycles. The van der Waals surface area contributed by atoms with Gasteiger partial charge in [-0.3, -0.25) is 9.98 Å². The van der Waals surface area contributed by atoms with Crippen LogP contribution in [0.1, 0.15) is 152 Å². The third kappa shape index (κ3) is 14.9. The van der Waals surface area contributed by atoms with E-state index in [1.165, 1.54) is 11.1 Å². The van der Waals surface area contributed by atoms with Crippen LogP contribution in [0.3, 0.4) is 0 Å². The first-order chi connectivity index (χ1) is 23.5. The molecule has 0 saturated carbocycles. The molecule has 281 valence electrons. The number of hydrogen-bond donors (Lipinski definition) is 2. The van der Waals surface area contributed by atoms with E-state index in [0.717, 1.165) is 50.7 Å². The van der Waals surface area contributed by atoms with Crippen LogP contribution in [0, 0.1) is 0 Å². The molecule has 3 aromatic carbocycles. The van der Waals surface area contributed by atoms with Crippen LogP contribution in [0.5, 0.6) is 17.2 Å². The summed E-state index contributed by atoms with van der Waals surface area (Å²) in [5.74, 6) is 0.275. The zero-order valence-corrected chi connectivity index (χ0v) is 33.0. The zero-order chi connectivity index (χ0) is 38.1. The van der Waals surface area contributed by atoms with Gasteiger partial charge < -0.3 is 34.8 Å². The second-order valence-electron chi connectivity index (χ2n) is 12.7. The molecule has 0 heterocycles. The fourth-order valence-electron chi connectivity index (χ4n) is 4.96. The van der Waals surface area contributed by atoms with Gasteiger partial charge in [-0.2, -0.15) is 0 Å². The number of aromatic hydroxyl groups is 2. The number of aliphatic imine (C=N–C) groups is 2. The number of benzene rings is 3. The van der Waals surface area contributed by atoms with Crippen LogP contribution in [0.15, 0.2) is 52.4 Å². The summed E-state index contributed by atoms with van der Waals surface area (Å²) in [5.41, 5.74) is 6.96. The number of aliphatic carboxylic acids is 2. The largest absolute Gasteiger partial charge is 2.00 e. The summed E-state index contributed by atoms with van der Waals surface area (Å²) in [4.78, 5) is 27.4. The Hall–Kier alpha value is -4.15. The van der Waals surface area contributed by atoms with Crippen molar-refractivity contribution in [3.8, 4) is 17.2 Å². The van der Waals surface area contributed by atoms with Crippen molar-refractivity contribution in [3.63, 3.8) is 0 Å². The maximum atomic E-state index is 11.2. The molecule has 1 radical (unpaired) electrons. The molecule has 4 atom stereocenters. The van der Waals surface area contributed by atoms with Crippen LogP contribution in [0.2, 0.25) is 0 Å². The molecular formula is C41H56CoN2O7. The van der Waals surface area contributed by atoms with Crippen molar-refractivity contribution in [3.05, 3.63) is 75.8 Å². The predicted molar refractivity (Wildman–Crippen MR) is 200 cm³/mol. The number of carboxylic acids is 2. The molecule has 2 N–H and O–H groups in total. The van der Waals surface area contributed by atoms with Crippen LogP contribution in [-0.2, 0) is 26.4 Å². The molecule has 10 heteroatoms. The van der Waals surface area contributed by atoms with E-state index in [2.05, 4.69) is 67.5 Å². The second-order valence-corrected chi connectivity index (χ2v) is 12.7. The summed E-state index contributed by atoms with van der Waals surface area (Å²) >= 11 is 0. The van der Waals surface area contributed by atoms with Gasteiger partial charge in [0.05, 0.1) is 18.5 Å². The Bertz CT molecular complexity index is 1600. The summed E-state index contributed by atoms with van der Waals surface area (Å²) < 4.78 is 5.49. The van der Waals surface area contributed by atoms with E-state index in [4.69, 9.17) is 34.5 Å². The van der Waals surface area contributed by atoms with Gasteiger partial charge in [0.1, 0.15) is 17.2 Å². The molecule has 3 aromatic rings. The molecule has 0 fully saturated rings. The summed E-state index contributed by atoms with van der Waals surface area (Å²) in [6.07, 6.45) is 7.36. The van der Waals surface area contributed by atoms with E-state index in [0.29, 0.717) is 40.1 Å². The average molecular weight is 748 g/mol. The minimum Gasteiger partial charge on any atom is -0.550 e. The SMILES string of the molecule is CC(=O)[O-].CC(=O)[O-].CCC(C)c1cc(C=Nc2ccc(OC)cc2N=Cc2cc(C(C)CC)cc(C(C)CC)c2O)c(O)c(C(C)CC)c1.[Co+2]. The first-order valence-electron chi connectivity index (χ1n) is 17.4. The number of ether oxygens (including phenoxy) is 1. The molecule has 0 aliphatic heterocycles. The Morgan fingerprint density at radius 3 is 1.35 bits per heavy atom. The Kier molecular flexibility index (Phi) is 21.4. The van der Waals surface area contributed by atoms with Gasteiger partial charge >= 0.3 is 16.8 Å². The van der Waals surface area contributed by atoms with E-state index < -0.39 is 11.9 Å². The van der Waals surface area contributed by atoms with Crippen molar-refractivity contribution in [2.75, 3.05) is 7.11 Å². The number of carboxylic acid groups (broad SMARTS) is 2. The third-order valence-electron chi connectivity index (χ3n) is 8.90. The topological polar surface area (TPSA) is 155 Å². The summed E-state index contributed by atoms with van der Waals surface area (Å²) in [5, 5.41) is 40.2. The fraction of sp³-hybridized carbons (Fsp3) is 0.463. The van der Waals surface area contributed by atoms with Crippen molar-refractivity contribution in [2.24, 2.45) is 9.98 Å². The van der Waals surface area contributed by atoms with Gasteiger partial charge in [-0.15, -0.1) is 0 Å². The summed E-state index contributed by atoms with van der Waals surface area (Å²) in [6.45, 7) is 19.3. The van der Waals surface area contributed by atoms with Crippen LogP contribution >= 0.6 is 0 Å². The van der Waals surface area contributed by atoms with Crippen molar-refractivity contribution in [1.82, 2.24) is 0 Å². The van der Waals surface area contributed by atoms with Gasteiger partial charge in [0.15, 0.2) is 0 Å². The van der Waals surface area contributed by atoms with Crippen molar-refractivity contribution < 1.29 is 51.5 Å². The number of rotatable bonds is 13. The molecule has 3 rings (SSSR count). The Morgan fingerprint density at radius 2 is 1.02 bits per heavy atom. The number of hydrogen-bond acceptors (Lipinski definition) is 9. The van der Waals surface area contributed by atoms with Gasteiger partial charge in [-0.1, -0.05) is 67.5 Å². The summed E-state index contributed by atoms with van der Waals surface area (Å²) in [6, 6.07) is 13.9. The Balaban J connectivity index is 0.00000251. The van der Waals surface area contributed by atoms with Gasteiger partial charge in [0, 0.05) is 41.6 Å². The maximum Gasteiger partial charge on any atom is 2.00 e. The molecule has 0 spiro atoms. The molecule has 0 aliphatic carbocycles. The first kappa shape index (κ1) is 46.8. The standard InChI is InChI=1S/C37H50N2O3.2C2H4O2.Co/c1-10-23(5)27-16-29(36(40)32(18-27)25(7)12-3)21-38-34-15-14-31(42-9)20-35(34)39-22-30-17-28(24(6)11-2)19-33(37(30)41)26(8)13-4;2*1-2(3)4;/h14-26,40-41H,10-13H2,1-9H3;2*1H3,(H,3,4);/q;;;+2/p-2. The van der Waals surface area contributed by atoms with Gasteiger partial charge in [0.25, 0.3) is 0 Å². The minimum atomic E-state index is -1.08. The van der Waals surface area contributed by atoms with E-state index in [9.17, 15) is 10.2 Å². The molecule has 0 bridgehead atoms. The normalized spacial score (nSPS) is 13.2. The molecule has 0 aromatic heterocycles. The van der Waals surface area contributed by atoms with E-state index in [1.807, 2.05) is 30.3 Å². The Morgan fingerprint density at radius 1 is 0.667 bits per heavy atom. The maximum absolute atomic E-state index is 11.2. The quantitative estimate of drug-likeness (QED) is 0.167. The fourth-order valence-corrected chi connectivity index (χ4v) is 4.96. The smallest absolute Gasteiger partial charge is 0.550 e. The van der Waals surface area contributed by atoms with Gasteiger partial charge in [0.2, 0.25) is 0 Å². The molecule has 0 aliphatic rings. The molecule has 51 heavy (non-hydrogen) atoms. The number of methoxy groups -OCH3 is 1. The van der Waals surface area contributed by atoms with E-state index in [1.54, 1.807) is 19.5 Å². The monoisotopic (exact) mass is 747 g/mol. The number of nitrogens with zero attached hydrogens (tertiary/aromatic N) is 2. The van der Waals surface area contributed by atoms with Crippen LogP contribution in [0.4, 0.5) is 11.4 Å². The van der Waals surface area contributed by atoms with Crippen molar-refractivity contribution in [1.29, 1.82) is 0 Å². The number of phenolic OH excluding ortho intramolecular Hbond substituents is 2. The Labute approximate surface area is 315 Å². The molecule has 0 amide bonds. The van der Waals surface area contributed by atoms with Crippen molar-refractivity contribution >= 4 is 35.7 Å². The average Bonchev–Trinajstić information content (AvgIpc) is 3.08. The summed E-state index contributed by atoms with van der Waals surface area (Å²) in [7, 11) is 1.63. The van der Waals surface area contributed by atoms with E-state index in [-0.39, 0.29) is 40.1 Å². The van der Waals surface area contributed by atoms with Crippen LogP contribution < -0.4 is 14.9 Å². The number of carbonyl (C=O) groups excluding carboxylic acids is 2. The van der Waals surface area contributed by atoms with Gasteiger partial charge in [-0.25, -0.2) is 0 Å². The molecule has 9 nitrogen and oxygen atoms in total. The van der Waals surface area contributed by atoms with Crippen LogP contribution in [-0.4, -0.2) is 41.7 Å². The number of carbonyl (C=O) groups is 2.